The van der Waals surface area contributed by atoms with E-state index >= 15 is 0 Å². The predicted molar refractivity (Wildman–Crippen MR) is 88.4 cm³/mol. The number of fused-ring (bicyclic) bond motifs is 2. The van der Waals surface area contributed by atoms with Crippen molar-refractivity contribution in [3.8, 4) is 0 Å². The topological polar surface area (TPSA) is 49.4 Å². The molecule has 1 heterocycles. The van der Waals surface area contributed by atoms with Gasteiger partial charge in [0.15, 0.2) is 0 Å². The summed E-state index contributed by atoms with van der Waals surface area (Å²) in [6.07, 6.45) is 0. The van der Waals surface area contributed by atoms with Gasteiger partial charge in [0.25, 0.3) is 0 Å². The first kappa shape index (κ1) is 15.1. The van der Waals surface area contributed by atoms with E-state index in [1.54, 1.807) is 24.3 Å². The van der Waals surface area contributed by atoms with Crippen molar-refractivity contribution >= 4 is 21.2 Å². The number of anilines is 2. The maximum absolute atomic E-state index is 12.8. The molecule has 0 saturated heterocycles. The molecule has 22 heavy (non-hydrogen) atoms. The van der Waals surface area contributed by atoms with Crippen LogP contribution in [0.1, 0.15) is 6.92 Å². The largest absolute Gasteiger partial charge is 0.339 e. The predicted octanol–water partition coefficient (Wildman–Crippen LogP) is 2.83. The number of para-hydroxylation sites is 2. The first-order valence-corrected chi connectivity index (χ1v) is 8.89. The fourth-order valence-electron chi connectivity index (χ4n) is 2.98. The molecule has 0 bridgehead atoms. The lowest BCUT2D eigenvalue weighted by atomic mass is 10.1. The van der Waals surface area contributed by atoms with E-state index in [-0.39, 0.29) is 0 Å². The van der Waals surface area contributed by atoms with Gasteiger partial charge in [-0.05, 0) is 43.8 Å². The highest BCUT2D eigenvalue weighted by molar-refractivity contribution is 7.92. The summed E-state index contributed by atoms with van der Waals surface area (Å²) in [6, 6.07) is 14.5. The highest BCUT2D eigenvalue weighted by atomic mass is 32.2. The van der Waals surface area contributed by atoms with Crippen molar-refractivity contribution in [2.24, 2.45) is 5.92 Å². The normalized spacial score (nSPS) is 16.7. The van der Waals surface area contributed by atoms with Gasteiger partial charge in [-0.2, -0.15) is 0 Å². The van der Waals surface area contributed by atoms with Gasteiger partial charge in [-0.3, -0.25) is 0 Å². The third kappa shape index (κ3) is 2.40. The Bertz CT molecular complexity index is 733. The van der Waals surface area contributed by atoms with Crippen molar-refractivity contribution in [3.05, 3.63) is 48.5 Å². The van der Waals surface area contributed by atoms with Crippen LogP contribution in [-0.2, 0) is 9.84 Å². The molecule has 0 aromatic heterocycles. The molecular formula is C17H20N2O2S. The van der Waals surface area contributed by atoms with Crippen LogP contribution in [0.25, 0.3) is 0 Å². The van der Waals surface area contributed by atoms with Gasteiger partial charge in [-0.1, -0.05) is 31.2 Å². The first-order valence-electron chi connectivity index (χ1n) is 7.41. The Morgan fingerprint density at radius 1 is 1.00 bits per heavy atom. The molecule has 0 saturated carbocycles. The SMILES string of the molecule is CNC[C@H](C)CN1c2ccccc2S(=O)(=O)c2ccccc21. The number of nitrogens with one attached hydrogen (secondary N) is 1. The van der Waals surface area contributed by atoms with Crippen molar-refractivity contribution in [1.82, 2.24) is 5.32 Å². The van der Waals surface area contributed by atoms with E-state index in [0.29, 0.717) is 15.7 Å². The first-order chi connectivity index (χ1) is 10.6. The van der Waals surface area contributed by atoms with Gasteiger partial charge >= 0.3 is 0 Å². The zero-order chi connectivity index (χ0) is 15.7. The molecule has 2 aromatic carbocycles. The average molecular weight is 316 g/mol. The smallest absolute Gasteiger partial charge is 0.210 e. The molecule has 0 fully saturated rings. The molecular weight excluding hydrogens is 296 g/mol. The Morgan fingerprint density at radius 2 is 1.50 bits per heavy atom. The van der Waals surface area contributed by atoms with Gasteiger partial charge in [0, 0.05) is 6.54 Å². The summed E-state index contributed by atoms with van der Waals surface area (Å²) in [5.74, 6) is 0.395. The molecule has 0 amide bonds. The molecule has 4 nitrogen and oxygen atoms in total. The van der Waals surface area contributed by atoms with Crippen molar-refractivity contribution in [2.75, 3.05) is 25.0 Å². The zero-order valence-corrected chi connectivity index (χ0v) is 13.6. The Hall–Kier alpha value is -1.85. The van der Waals surface area contributed by atoms with Crippen LogP contribution in [0.4, 0.5) is 11.4 Å². The van der Waals surface area contributed by atoms with Crippen molar-refractivity contribution in [3.63, 3.8) is 0 Å². The molecule has 0 spiro atoms. The Morgan fingerprint density at radius 3 is 2.00 bits per heavy atom. The van der Waals surface area contributed by atoms with Crippen LogP contribution in [0.5, 0.6) is 0 Å². The molecule has 116 valence electrons. The minimum atomic E-state index is -3.44. The minimum Gasteiger partial charge on any atom is -0.339 e. The van der Waals surface area contributed by atoms with Crippen LogP contribution in [-0.4, -0.2) is 28.6 Å². The number of benzene rings is 2. The molecule has 0 radical (unpaired) electrons. The molecule has 1 N–H and O–H groups in total. The second kappa shape index (κ2) is 5.74. The van der Waals surface area contributed by atoms with Crippen molar-refractivity contribution in [1.29, 1.82) is 0 Å². The van der Waals surface area contributed by atoms with Crippen LogP contribution >= 0.6 is 0 Å². The third-order valence-corrected chi connectivity index (χ3v) is 5.79. The summed E-state index contributed by atoms with van der Waals surface area (Å²) in [7, 11) is -1.51. The highest BCUT2D eigenvalue weighted by Gasteiger charge is 2.33. The van der Waals surface area contributed by atoms with E-state index < -0.39 is 9.84 Å². The van der Waals surface area contributed by atoms with Crippen LogP contribution in [0, 0.1) is 5.92 Å². The Balaban J connectivity index is 2.16. The van der Waals surface area contributed by atoms with E-state index in [9.17, 15) is 8.42 Å². The molecule has 2 aromatic rings. The molecule has 1 aliphatic rings. The fraction of sp³-hybridized carbons (Fsp3) is 0.294. The maximum Gasteiger partial charge on any atom is 0.210 e. The summed E-state index contributed by atoms with van der Waals surface area (Å²) in [4.78, 5) is 2.91. The van der Waals surface area contributed by atoms with E-state index in [1.165, 1.54) is 0 Å². The van der Waals surface area contributed by atoms with E-state index in [0.717, 1.165) is 24.5 Å². The lowest BCUT2D eigenvalue weighted by Gasteiger charge is -2.34. The fourth-order valence-corrected chi connectivity index (χ4v) is 4.64. The van der Waals surface area contributed by atoms with Crippen LogP contribution in [0.15, 0.2) is 58.3 Å². The van der Waals surface area contributed by atoms with Crippen LogP contribution in [0.2, 0.25) is 0 Å². The quantitative estimate of drug-likeness (QED) is 0.942. The average Bonchev–Trinajstić information content (AvgIpc) is 2.52. The number of hydrogen-bond donors (Lipinski definition) is 1. The lowest BCUT2D eigenvalue weighted by molar-refractivity contribution is 0.544. The van der Waals surface area contributed by atoms with E-state index in [2.05, 4.69) is 17.1 Å². The molecule has 5 heteroatoms. The second-order valence-electron chi connectivity index (χ2n) is 5.71. The molecule has 0 unspecified atom stereocenters. The summed E-state index contributed by atoms with van der Waals surface area (Å²) < 4.78 is 25.6. The molecule has 3 rings (SSSR count). The van der Waals surface area contributed by atoms with E-state index in [1.807, 2.05) is 31.3 Å². The highest BCUT2D eigenvalue weighted by Crippen LogP contribution is 2.43. The van der Waals surface area contributed by atoms with Gasteiger partial charge in [0.05, 0.1) is 21.2 Å². The van der Waals surface area contributed by atoms with Gasteiger partial charge in [0.1, 0.15) is 0 Å². The third-order valence-electron chi connectivity index (χ3n) is 3.94. The lowest BCUT2D eigenvalue weighted by Crippen LogP contribution is -2.33. The van der Waals surface area contributed by atoms with Crippen molar-refractivity contribution < 1.29 is 8.42 Å². The minimum absolute atomic E-state index is 0.394. The standard InChI is InChI=1S/C17H20N2O2S/c1-13(11-18-2)12-19-14-7-3-5-9-16(14)22(20,21)17-10-6-4-8-15(17)19/h3-10,13,18H,11-12H2,1-2H3/t13-/m0/s1. The maximum atomic E-state index is 12.8. The van der Waals surface area contributed by atoms with E-state index in [4.69, 9.17) is 0 Å². The van der Waals surface area contributed by atoms with Gasteiger partial charge in [-0.25, -0.2) is 8.42 Å². The van der Waals surface area contributed by atoms with Crippen molar-refractivity contribution in [2.45, 2.75) is 16.7 Å². The number of sulfone groups is 1. The monoisotopic (exact) mass is 316 g/mol. The number of nitrogens with zero attached hydrogens (tertiary/aromatic N) is 1. The zero-order valence-electron chi connectivity index (χ0n) is 12.8. The molecule has 0 aliphatic carbocycles. The van der Waals surface area contributed by atoms with Crippen LogP contribution < -0.4 is 10.2 Å². The molecule has 1 aliphatic heterocycles. The Labute approximate surface area is 131 Å². The summed E-state index contributed by atoms with van der Waals surface area (Å²) in [6.45, 7) is 3.81. The molecule has 1 atom stereocenters. The van der Waals surface area contributed by atoms with Crippen LogP contribution in [0.3, 0.4) is 0 Å². The van der Waals surface area contributed by atoms with Gasteiger partial charge in [0.2, 0.25) is 9.84 Å². The van der Waals surface area contributed by atoms with Gasteiger partial charge in [-0.15, -0.1) is 0 Å². The summed E-state index contributed by atoms with van der Waals surface area (Å²) in [5.41, 5.74) is 1.54. The van der Waals surface area contributed by atoms with Gasteiger partial charge < -0.3 is 10.2 Å². The number of rotatable bonds is 4. The summed E-state index contributed by atoms with van der Waals surface area (Å²) in [5, 5.41) is 3.18. The summed E-state index contributed by atoms with van der Waals surface area (Å²) >= 11 is 0. The number of hydrogen-bond acceptors (Lipinski definition) is 4. The Kier molecular flexibility index (Phi) is 3.93. The second-order valence-corrected chi connectivity index (χ2v) is 7.60.